The zero-order valence-corrected chi connectivity index (χ0v) is 16.8. The zero-order valence-electron chi connectivity index (χ0n) is 16.8. The summed E-state index contributed by atoms with van der Waals surface area (Å²) < 4.78 is 10.8. The summed E-state index contributed by atoms with van der Waals surface area (Å²) in [4.78, 5) is 27.8. The first-order valence-electron chi connectivity index (χ1n) is 9.89. The lowest BCUT2D eigenvalue weighted by Crippen LogP contribution is -2.49. The Bertz CT molecular complexity index is 593. The highest BCUT2D eigenvalue weighted by Crippen LogP contribution is 2.15. The molecule has 1 heterocycles. The lowest BCUT2D eigenvalue weighted by molar-refractivity contribution is 0.0781. The molecule has 0 unspecified atom stereocenters. The molecule has 2 rings (SSSR count). The number of carbonyl (C=O) groups excluding carboxylic acids is 2. The molecular weight excluding hydrogens is 344 g/mol. The van der Waals surface area contributed by atoms with Gasteiger partial charge in [-0.05, 0) is 43.5 Å². The van der Waals surface area contributed by atoms with E-state index in [0.717, 1.165) is 37.4 Å². The van der Waals surface area contributed by atoms with E-state index < -0.39 is 0 Å². The van der Waals surface area contributed by atoms with Gasteiger partial charge in [0.15, 0.2) is 5.78 Å². The molecule has 6 nitrogen and oxygen atoms in total. The molecule has 0 aromatic heterocycles. The predicted octanol–water partition coefficient (Wildman–Crippen LogP) is 3.46. The Labute approximate surface area is 162 Å². The molecule has 27 heavy (non-hydrogen) atoms. The molecule has 0 aliphatic carbocycles. The van der Waals surface area contributed by atoms with Gasteiger partial charge >= 0.3 is 6.09 Å². The number of amides is 1. The molecule has 0 atom stereocenters. The van der Waals surface area contributed by atoms with Crippen LogP contribution in [0.15, 0.2) is 24.3 Å². The first-order valence-corrected chi connectivity index (χ1v) is 9.89. The summed E-state index contributed by atoms with van der Waals surface area (Å²) in [6, 6.07) is 7.42. The zero-order chi connectivity index (χ0) is 19.6. The second-order valence-corrected chi connectivity index (χ2v) is 7.28. The molecule has 1 aliphatic heterocycles. The van der Waals surface area contributed by atoms with E-state index in [-0.39, 0.29) is 11.9 Å². The van der Waals surface area contributed by atoms with Crippen LogP contribution < -0.4 is 4.74 Å². The van der Waals surface area contributed by atoms with Crippen LogP contribution in [0.4, 0.5) is 4.79 Å². The van der Waals surface area contributed by atoms with E-state index in [9.17, 15) is 9.59 Å². The molecule has 1 aliphatic rings. The number of rotatable bonds is 9. The highest BCUT2D eigenvalue weighted by atomic mass is 16.6. The molecule has 150 valence electrons. The van der Waals surface area contributed by atoms with Crippen molar-refractivity contribution in [1.82, 2.24) is 9.80 Å². The van der Waals surface area contributed by atoms with Crippen molar-refractivity contribution in [3.05, 3.63) is 29.8 Å². The molecule has 1 aromatic carbocycles. The van der Waals surface area contributed by atoms with Gasteiger partial charge in [0, 0.05) is 44.7 Å². The summed E-state index contributed by atoms with van der Waals surface area (Å²) in [6.45, 7) is 11.1. The van der Waals surface area contributed by atoms with Gasteiger partial charge in [0.2, 0.25) is 0 Å². The number of ketones is 1. The van der Waals surface area contributed by atoms with Crippen molar-refractivity contribution >= 4 is 11.9 Å². The highest BCUT2D eigenvalue weighted by Gasteiger charge is 2.21. The van der Waals surface area contributed by atoms with Crippen molar-refractivity contribution < 1.29 is 19.1 Å². The lowest BCUT2D eigenvalue weighted by Gasteiger charge is -2.33. The quantitative estimate of drug-likeness (QED) is 0.488. The van der Waals surface area contributed by atoms with Crippen molar-refractivity contribution in [1.29, 1.82) is 0 Å². The summed E-state index contributed by atoms with van der Waals surface area (Å²) in [7, 11) is 0. The standard InChI is InChI=1S/C21H32N2O4/c1-4-26-21(25)23-13-11-22(12-14-23)10-5-15-27-19-8-6-18(7-9-19)20(24)16-17(2)3/h6-9,17H,4-5,10-16H2,1-3H3. The van der Waals surface area contributed by atoms with E-state index in [1.807, 2.05) is 45.0 Å². The second kappa shape index (κ2) is 10.9. The van der Waals surface area contributed by atoms with Gasteiger partial charge in [-0.15, -0.1) is 0 Å². The predicted molar refractivity (Wildman–Crippen MR) is 105 cm³/mol. The van der Waals surface area contributed by atoms with E-state index in [4.69, 9.17) is 9.47 Å². The van der Waals surface area contributed by atoms with Gasteiger partial charge in [-0.1, -0.05) is 13.8 Å². The third kappa shape index (κ3) is 7.21. The van der Waals surface area contributed by atoms with Crippen LogP contribution in [0.3, 0.4) is 0 Å². The minimum absolute atomic E-state index is 0.179. The first-order chi connectivity index (χ1) is 13.0. The summed E-state index contributed by atoms with van der Waals surface area (Å²) in [6.07, 6.45) is 1.28. The maximum Gasteiger partial charge on any atom is 0.409 e. The summed E-state index contributed by atoms with van der Waals surface area (Å²) in [5, 5.41) is 0. The Kier molecular flexibility index (Phi) is 8.58. The van der Waals surface area contributed by atoms with E-state index >= 15 is 0 Å². The maximum absolute atomic E-state index is 12.0. The van der Waals surface area contributed by atoms with Crippen molar-refractivity contribution in [3.8, 4) is 5.75 Å². The maximum atomic E-state index is 12.0. The van der Waals surface area contributed by atoms with Gasteiger partial charge in [-0.3, -0.25) is 9.69 Å². The number of Topliss-reactive ketones (excluding diaryl/α,β-unsaturated/α-hetero) is 1. The molecule has 0 bridgehead atoms. The van der Waals surface area contributed by atoms with Crippen LogP contribution in [-0.4, -0.2) is 67.6 Å². The van der Waals surface area contributed by atoms with E-state index in [1.165, 1.54) is 0 Å². The van der Waals surface area contributed by atoms with E-state index in [2.05, 4.69) is 4.90 Å². The Hall–Kier alpha value is -2.08. The second-order valence-electron chi connectivity index (χ2n) is 7.28. The molecule has 0 spiro atoms. The fraction of sp³-hybridized carbons (Fsp3) is 0.619. The normalized spacial score (nSPS) is 15.0. The van der Waals surface area contributed by atoms with Crippen molar-refractivity contribution in [3.63, 3.8) is 0 Å². The Morgan fingerprint density at radius 3 is 2.33 bits per heavy atom. The molecule has 1 amide bonds. The molecular formula is C21H32N2O4. The van der Waals surface area contributed by atoms with Gasteiger partial charge in [0.05, 0.1) is 13.2 Å². The third-order valence-electron chi connectivity index (χ3n) is 4.56. The molecule has 1 aromatic rings. The average Bonchev–Trinajstić information content (AvgIpc) is 2.66. The van der Waals surface area contributed by atoms with Gasteiger partial charge in [0.25, 0.3) is 0 Å². The highest BCUT2D eigenvalue weighted by molar-refractivity contribution is 5.96. The summed E-state index contributed by atoms with van der Waals surface area (Å²) in [5.74, 6) is 1.34. The van der Waals surface area contributed by atoms with Gasteiger partial charge in [-0.2, -0.15) is 0 Å². The number of hydrogen-bond donors (Lipinski definition) is 0. The van der Waals surface area contributed by atoms with Crippen LogP contribution in [0.5, 0.6) is 5.75 Å². The van der Waals surface area contributed by atoms with Gasteiger partial charge < -0.3 is 14.4 Å². The topological polar surface area (TPSA) is 59.1 Å². The van der Waals surface area contributed by atoms with Crippen LogP contribution in [0, 0.1) is 5.92 Å². The molecule has 1 saturated heterocycles. The molecule has 0 N–H and O–H groups in total. The lowest BCUT2D eigenvalue weighted by atomic mass is 10.0. The molecule has 0 radical (unpaired) electrons. The molecule has 6 heteroatoms. The minimum atomic E-state index is -0.212. The Morgan fingerprint density at radius 2 is 1.74 bits per heavy atom. The van der Waals surface area contributed by atoms with Gasteiger partial charge in [0.1, 0.15) is 5.75 Å². The van der Waals surface area contributed by atoms with Crippen molar-refractivity contribution in [2.45, 2.75) is 33.6 Å². The molecule has 1 fully saturated rings. The first kappa shape index (κ1) is 21.2. The fourth-order valence-corrected chi connectivity index (χ4v) is 3.07. The Balaban J connectivity index is 1.63. The minimum Gasteiger partial charge on any atom is -0.494 e. The number of piperazine rings is 1. The van der Waals surface area contributed by atoms with Crippen molar-refractivity contribution in [2.75, 3.05) is 45.9 Å². The number of benzene rings is 1. The molecule has 0 saturated carbocycles. The average molecular weight is 376 g/mol. The van der Waals surface area contributed by atoms with Crippen LogP contribution >= 0.6 is 0 Å². The number of carbonyl (C=O) groups is 2. The van der Waals surface area contributed by atoms with Crippen LogP contribution in [0.2, 0.25) is 0 Å². The third-order valence-corrected chi connectivity index (χ3v) is 4.56. The summed E-state index contributed by atoms with van der Waals surface area (Å²) >= 11 is 0. The number of ether oxygens (including phenoxy) is 2. The SMILES string of the molecule is CCOC(=O)N1CCN(CCCOc2ccc(C(=O)CC(C)C)cc2)CC1. The number of hydrogen-bond acceptors (Lipinski definition) is 5. The van der Waals surface area contributed by atoms with Crippen LogP contribution in [0.1, 0.15) is 44.0 Å². The monoisotopic (exact) mass is 376 g/mol. The number of nitrogens with zero attached hydrogens (tertiary/aromatic N) is 2. The van der Waals surface area contributed by atoms with Crippen LogP contribution in [0.25, 0.3) is 0 Å². The Morgan fingerprint density at radius 1 is 1.07 bits per heavy atom. The van der Waals surface area contributed by atoms with Gasteiger partial charge in [-0.25, -0.2) is 4.79 Å². The van der Waals surface area contributed by atoms with Crippen LogP contribution in [-0.2, 0) is 4.74 Å². The smallest absolute Gasteiger partial charge is 0.409 e. The summed E-state index contributed by atoms with van der Waals surface area (Å²) in [5.41, 5.74) is 0.746. The fourth-order valence-electron chi connectivity index (χ4n) is 3.07. The van der Waals surface area contributed by atoms with Crippen molar-refractivity contribution in [2.24, 2.45) is 5.92 Å². The largest absolute Gasteiger partial charge is 0.494 e. The van der Waals surface area contributed by atoms with E-state index in [0.29, 0.717) is 38.6 Å². The van der Waals surface area contributed by atoms with E-state index in [1.54, 1.807) is 4.90 Å².